The molecule has 0 spiro atoms. The van der Waals surface area contributed by atoms with Gasteiger partial charge in [0.25, 0.3) is 5.91 Å². The monoisotopic (exact) mass is 446 g/mol. The first-order valence-electron chi connectivity index (χ1n) is 9.22. The quantitative estimate of drug-likeness (QED) is 0.625. The molecule has 9 heteroatoms. The fourth-order valence-electron chi connectivity index (χ4n) is 3.09. The molecule has 1 aromatic heterocycles. The van der Waals surface area contributed by atoms with Crippen molar-refractivity contribution in [3.05, 3.63) is 76.1 Å². The molecule has 1 N–H and O–H groups in total. The number of rotatable bonds is 6. The smallest absolute Gasteiger partial charge is 0.255 e. The number of hydrogen-bond acceptors (Lipinski definition) is 4. The second-order valence-corrected chi connectivity index (χ2v) is 9.63. The topological polar surface area (TPSA) is 84.3 Å². The Morgan fingerprint density at radius 3 is 2.40 bits per heavy atom. The van der Waals surface area contributed by atoms with E-state index < -0.39 is 10.0 Å². The lowest BCUT2D eigenvalue weighted by Crippen LogP contribution is -2.23. The molecule has 30 heavy (non-hydrogen) atoms. The van der Waals surface area contributed by atoms with Crippen LogP contribution in [0.15, 0.2) is 53.4 Å². The van der Waals surface area contributed by atoms with Crippen LogP contribution in [0.1, 0.15) is 27.3 Å². The molecule has 0 radical (unpaired) electrons. The molecule has 0 saturated heterocycles. The van der Waals surface area contributed by atoms with Gasteiger partial charge in [0.05, 0.1) is 17.9 Å². The van der Waals surface area contributed by atoms with E-state index >= 15 is 0 Å². The van der Waals surface area contributed by atoms with Crippen molar-refractivity contribution in [1.82, 2.24) is 14.1 Å². The minimum absolute atomic E-state index is 0.227. The van der Waals surface area contributed by atoms with Crippen molar-refractivity contribution in [3.8, 4) is 0 Å². The molecule has 3 aromatic rings. The zero-order valence-corrected chi connectivity index (χ0v) is 18.8. The van der Waals surface area contributed by atoms with Gasteiger partial charge in [-0.2, -0.15) is 5.10 Å². The van der Waals surface area contributed by atoms with Gasteiger partial charge in [0, 0.05) is 30.4 Å². The molecule has 0 aliphatic rings. The number of hydrogen-bond donors (Lipinski definition) is 1. The van der Waals surface area contributed by atoms with Crippen molar-refractivity contribution >= 4 is 33.2 Å². The molecule has 158 valence electrons. The summed E-state index contributed by atoms with van der Waals surface area (Å²) < 4.78 is 27.9. The first-order valence-corrected chi connectivity index (χ1v) is 11.0. The average molecular weight is 447 g/mol. The first-order chi connectivity index (χ1) is 14.1. The van der Waals surface area contributed by atoms with Gasteiger partial charge in [-0.1, -0.05) is 29.8 Å². The van der Waals surface area contributed by atoms with Crippen molar-refractivity contribution in [1.29, 1.82) is 0 Å². The number of sulfonamides is 1. The van der Waals surface area contributed by atoms with Gasteiger partial charge in [0.2, 0.25) is 10.0 Å². The maximum Gasteiger partial charge on any atom is 0.255 e. The minimum atomic E-state index is -3.57. The highest BCUT2D eigenvalue weighted by Crippen LogP contribution is 2.23. The normalized spacial score (nSPS) is 11.7. The molecule has 1 heterocycles. The average Bonchev–Trinajstić information content (AvgIpc) is 2.96. The van der Waals surface area contributed by atoms with Crippen molar-refractivity contribution in [2.24, 2.45) is 0 Å². The van der Waals surface area contributed by atoms with Crippen LogP contribution in [-0.2, 0) is 16.6 Å². The highest BCUT2D eigenvalue weighted by molar-refractivity contribution is 7.89. The molecule has 0 bridgehead atoms. The standard InChI is InChI=1S/C21H23ClN4O3S/c1-14-20(30(28,29)25(3)4)15(2)26(24-14)13-16-8-10-17(11-9-16)21(27)23-19-7-5-6-18(22)12-19/h5-12H,13H2,1-4H3,(H,23,27). The third-order valence-electron chi connectivity index (χ3n) is 4.68. The van der Waals surface area contributed by atoms with Gasteiger partial charge in [0.15, 0.2) is 0 Å². The summed E-state index contributed by atoms with van der Waals surface area (Å²) >= 11 is 5.94. The molecule has 1 amide bonds. The maximum atomic E-state index is 12.5. The van der Waals surface area contributed by atoms with Gasteiger partial charge in [-0.3, -0.25) is 9.48 Å². The minimum Gasteiger partial charge on any atom is -0.322 e. The summed E-state index contributed by atoms with van der Waals surface area (Å²) in [5, 5.41) is 7.74. The molecular formula is C21H23ClN4O3S. The second kappa shape index (κ2) is 8.59. The fraction of sp³-hybridized carbons (Fsp3) is 0.238. The van der Waals surface area contributed by atoms with Crippen LogP contribution in [0.5, 0.6) is 0 Å². The number of amides is 1. The summed E-state index contributed by atoms with van der Waals surface area (Å²) in [4.78, 5) is 12.7. The molecular weight excluding hydrogens is 424 g/mol. The lowest BCUT2D eigenvalue weighted by atomic mass is 10.1. The van der Waals surface area contributed by atoms with Crippen LogP contribution in [0.3, 0.4) is 0 Å². The molecule has 0 unspecified atom stereocenters. The van der Waals surface area contributed by atoms with E-state index in [1.54, 1.807) is 54.9 Å². The molecule has 7 nitrogen and oxygen atoms in total. The van der Waals surface area contributed by atoms with E-state index in [0.717, 1.165) is 5.56 Å². The maximum absolute atomic E-state index is 12.5. The summed E-state index contributed by atoms with van der Waals surface area (Å²) in [6.45, 7) is 3.82. The number of benzene rings is 2. The lowest BCUT2D eigenvalue weighted by Gasteiger charge is -2.12. The third-order valence-corrected chi connectivity index (χ3v) is 6.99. The Morgan fingerprint density at radius 2 is 1.80 bits per heavy atom. The van der Waals surface area contributed by atoms with Gasteiger partial charge in [0.1, 0.15) is 4.90 Å². The van der Waals surface area contributed by atoms with Crippen LogP contribution in [0, 0.1) is 13.8 Å². The van der Waals surface area contributed by atoms with Gasteiger partial charge >= 0.3 is 0 Å². The van der Waals surface area contributed by atoms with Crippen LogP contribution >= 0.6 is 11.6 Å². The number of carbonyl (C=O) groups excluding carboxylic acids is 1. The summed E-state index contributed by atoms with van der Waals surface area (Å²) in [7, 11) is -0.575. The third kappa shape index (κ3) is 4.56. The van der Waals surface area contributed by atoms with E-state index in [-0.39, 0.29) is 10.8 Å². The number of halogens is 1. The van der Waals surface area contributed by atoms with E-state index in [1.807, 2.05) is 12.1 Å². The van der Waals surface area contributed by atoms with Crippen LogP contribution in [0.4, 0.5) is 5.69 Å². The van der Waals surface area contributed by atoms with Gasteiger partial charge in [-0.05, 0) is 49.7 Å². The SMILES string of the molecule is Cc1nn(Cc2ccc(C(=O)Nc3cccc(Cl)c3)cc2)c(C)c1S(=O)(=O)N(C)C. The van der Waals surface area contributed by atoms with Crippen LogP contribution in [0.2, 0.25) is 5.02 Å². The van der Waals surface area contributed by atoms with Gasteiger partial charge < -0.3 is 5.32 Å². The Morgan fingerprint density at radius 1 is 1.13 bits per heavy atom. The Hall–Kier alpha value is -2.68. The largest absolute Gasteiger partial charge is 0.322 e. The molecule has 0 atom stereocenters. The summed E-state index contributed by atoms with van der Waals surface area (Å²) in [6.07, 6.45) is 0. The Balaban J connectivity index is 1.77. The van der Waals surface area contributed by atoms with Crippen molar-refractivity contribution in [2.75, 3.05) is 19.4 Å². The predicted molar refractivity (Wildman–Crippen MR) is 118 cm³/mol. The van der Waals surface area contributed by atoms with E-state index in [1.165, 1.54) is 18.4 Å². The zero-order valence-electron chi connectivity index (χ0n) is 17.2. The van der Waals surface area contributed by atoms with E-state index in [4.69, 9.17) is 11.6 Å². The summed E-state index contributed by atoms with van der Waals surface area (Å²) in [5.74, 6) is -0.241. The van der Waals surface area contributed by atoms with Crippen LogP contribution in [0.25, 0.3) is 0 Å². The van der Waals surface area contributed by atoms with Gasteiger partial charge in [-0.15, -0.1) is 0 Å². The highest BCUT2D eigenvalue weighted by Gasteiger charge is 2.26. The Bertz CT molecular complexity index is 1190. The molecule has 0 fully saturated rings. The Labute approximate surface area is 181 Å². The van der Waals surface area contributed by atoms with Crippen LogP contribution < -0.4 is 5.32 Å². The number of aromatic nitrogens is 2. The molecule has 0 aliphatic carbocycles. The Kier molecular flexibility index (Phi) is 6.30. The summed E-state index contributed by atoms with van der Waals surface area (Å²) in [6, 6.07) is 14.0. The highest BCUT2D eigenvalue weighted by atomic mass is 35.5. The lowest BCUT2D eigenvalue weighted by molar-refractivity contribution is 0.102. The zero-order chi connectivity index (χ0) is 22.1. The van der Waals surface area contributed by atoms with Crippen LogP contribution in [-0.4, -0.2) is 42.5 Å². The number of carbonyl (C=O) groups is 1. The predicted octanol–water partition coefficient (Wildman–Crippen LogP) is 3.70. The van der Waals surface area contributed by atoms with Crippen molar-refractivity contribution in [2.45, 2.75) is 25.3 Å². The van der Waals surface area contributed by atoms with E-state index in [9.17, 15) is 13.2 Å². The number of nitrogens with one attached hydrogen (secondary N) is 1. The molecule has 2 aromatic carbocycles. The van der Waals surface area contributed by atoms with Gasteiger partial charge in [-0.25, -0.2) is 12.7 Å². The van der Waals surface area contributed by atoms with E-state index in [0.29, 0.717) is 34.2 Å². The van der Waals surface area contributed by atoms with Crippen molar-refractivity contribution < 1.29 is 13.2 Å². The number of nitrogens with zero attached hydrogens (tertiary/aromatic N) is 3. The van der Waals surface area contributed by atoms with E-state index in [2.05, 4.69) is 10.4 Å². The molecule has 0 aliphatic heterocycles. The fourth-order valence-corrected chi connectivity index (χ4v) is 4.54. The second-order valence-electron chi connectivity index (χ2n) is 7.11. The molecule has 0 saturated carbocycles. The molecule has 3 rings (SSSR count). The first kappa shape index (κ1) is 22.0. The number of anilines is 1. The summed E-state index contributed by atoms with van der Waals surface area (Å²) in [5.41, 5.74) is 3.05. The number of aryl methyl sites for hydroxylation is 1. The van der Waals surface area contributed by atoms with Crippen molar-refractivity contribution in [3.63, 3.8) is 0 Å².